The number of carbonyl (C=O) groups is 1. The minimum Gasteiger partial charge on any atom is -0.337 e. The van der Waals surface area contributed by atoms with Crippen molar-refractivity contribution in [2.75, 3.05) is 19.6 Å². The second-order valence-electron chi connectivity index (χ2n) is 5.68. The summed E-state index contributed by atoms with van der Waals surface area (Å²) in [5.74, 6) is 0.295. The van der Waals surface area contributed by atoms with Crippen LogP contribution < -0.4 is 5.32 Å². The second-order valence-corrected chi connectivity index (χ2v) is 5.68. The predicted octanol–water partition coefficient (Wildman–Crippen LogP) is 1.39. The summed E-state index contributed by atoms with van der Waals surface area (Å²) in [6.07, 6.45) is 4.96. The van der Waals surface area contributed by atoms with Crippen LogP contribution in [0.15, 0.2) is 0 Å². The molecule has 2 aliphatic rings. The Morgan fingerprint density at radius 2 is 2.27 bits per heavy atom. The lowest BCUT2D eigenvalue weighted by molar-refractivity contribution is -0.135. The zero-order valence-corrected chi connectivity index (χ0v) is 9.88. The fraction of sp³-hybridized carbons (Fsp3) is 0.917. The number of nitrogens with one attached hydrogen (secondary N) is 1. The first-order valence-electron chi connectivity index (χ1n) is 6.09. The molecule has 1 aliphatic carbocycles. The Morgan fingerprint density at radius 1 is 1.47 bits per heavy atom. The average Bonchev–Trinajstić information content (AvgIpc) is 2.17. The van der Waals surface area contributed by atoms with Gasteiger partial charge in [-0.15, -0.1) is 0 Å². The fourth-order valence-electron chi connectivity index (χ4n) is 2.93. The summed E-state index contributed by atoms with van der Waals surface area (Å²) in [5.41, 5.74) is 0.425. The number of nitrogens with zero attached hydrogens (tertiary/aromatic N) is 1. The van der Waals surface area contributed by atoms with Gasteiger partial charge in [0.25, 0.3) is 0 Å². The maximum absolute atomic E-state index is 11.8. The van der Waals surface area contributed by atoms with Crippen LogP contribution in [0.5, 0.6) is 0 Å². The molecule has 2 rings (SSSR count). The highest BCUT2D eigenvalue weighted by atomic mass is 16.2. The van der Waals surface area contributed by atoms with E-state index < -0.39 is 0 Å². The standard InChI is InChI=1S/C12H22N2O/c1-12(2)5-3-4-10(8-12)14-7-6-13-9-11(14)15/h10,13H,3-9H2,1-2H3. The maximum Gasteiger partial charge on any atom is 0.236 e. The molecule has 0 aromatic rings. The summed E-state index contributed by atoms with van der Waals surface area (Å²) in [4.78, 5) is 13.9. The maximum atomic E-state index is 11.8. The van der Waals surface area contributed by atoms with Gasteiger partial charge in [-0.2, -0.15) is 0 Å². The van der Waals surface area contributed by atoms with Gasteiger partial charge < -0.3 is 10.2 Å². The molecule has 2 fully saturated rings. The van der Waals surface area contributed by atoms with Crippen molar-refractivity contribution in [1.29, 1.82) is 0 Å². The molecule has 1 saturated carbocycles. The van der Waals surface area contributed by atoms with Crippen LogP contribution in [-0.2, 0) is 4.79 Å². The molecule has 15 heavy (non-hydrogen) atoms. The lowest BCUT2D eigenvalue weighted by Crippen LogP contribution is -2.54. The zero-order valence-electron chi connectivity index (χ0n) is 9.88. The molecule has 0 aromatic carbocycles. The fourth-order valence-corrected chi connectivity index (χ4v) is 2.93. The quantitative estimate of drug-likeness (QED) is 0.709. The third-order valence-electron chi connectivity index (χ3n) is 3.75. The van der Waals surface area contributed by atoms with Crippen LogP contribution in [-0.4, -0.2) is 36.5 Å². The van der Waals surface area contributed by atoms with E-state index in [0.717, 1.165) is 13.1 Å². The van der Waals surface area contributed by atoms with Crippen molar-refractivity contribution >= 4 is 5.91 Å². The van der Waals surface area contributed by atoms with Gasteiger partial charge in [0.2, 0.25) is 5.91 Å². The molecule has 0 radical (unpaired) electrons. The average molecular weight is 210 g/mol. The van der Waals surface area contributed by atoms with E-state index in [1.54, 1.807) is 0 Å². The molecule has 1 heterocycles. The van der Waals surface area contributed by atoms with Crippen LogP contribution in [0.1, 0.15) is 39.5 Å². The van der Waals surface area contributed by atoms with Gasteiger partial charge in [-0.3, -0.25) is 4.79 Å². The molecular formula is C12H22N2O. The Morgan fingerprint density at radius 3 is 2.93 bits per heavy atom. The monoisotopic (exact) mass is 210 g/mol. The molecule has 86 valence electrons. The molecule has 0 bridgehead atoms. The Bertz CT molecular complexity index is 250. The SMILES string of the molecule is CC1(C)CCCC(N2CCNCC2=O)C1. The van der Waals surface area contributed by atoms with Crippen LogP contribution in [0.3, 0.4) is 0 Å². The molecule has 1 unspecified atom stereocenters. The van der Waals surface area contributed by atoms with Gasteiger partial charge in [-0.25, -0.2) is 0 Å². The van der Waals surface area contributed by atoms with Gasteiger partial charge in [0, 0.05) is 19.1 Å². The Kier molecular flexibility index (Phi) is 3.01. The van der Waals surface area contributed by atoms with Crippen LogP contribution in [0, 0.1) is 5.41 Å². The molecule has 0 spiro atoms. The van der Waals surface area contributed by atoms with E-state index in [-0.39, 0.29) is 0 Å². The van der Waals surface area contributed by atoms with Crippen molar-refractivity contribution < 1.29 is 4.79 Å². The van der Waals surface area contributed by atoms with E-state index in [1.807, 2.05) is 0 Å². The first kappa shape index (κ1) is 10.9. The molecule has 1 atom stereocenters. The number of amides is 1. The molecule has 1 aliphatic heterocycles. The van der Waals surface area contributed by atoms with E-state index in [9.17, 15) is 4.79 Å². The van der Waals surface area contributed by atoms with E-state index in [1.165, 1.54) is 25.7 Å². The Labute approximate surface area is 92.2 Å². The van der Waals surface area contributed by atoms with Crippen LogP contribution in [0.2, 0.25) is 0 Å². The van der Waals surface area contributed by atoms with E-state index in [0.29, 0.717) is 23.9 Å². The molecule has 1 saturated heterocycles. The van der Waals surface area contributed by atoms with E-state index >= 15 is 0 Å². The lowest BCUT2D eigenvalue weighted by Gasteiger charge is -2.42. The largest absolute Gasteiger partial charge is 0.337 e. The molecule has 1 amide bonds. The Hall–Kier alpha value is -0.570. The molecule has 0 aromatic heterocycles. The van der Waals surface area contributed by atoms with Gasteiger partial charge in [-0.1, -0.05) is 20.3 Å². The van der Waals surface area contributed by atoms with Crippen molar-refractivity contribution in [3.63, 3.8) is 0 Å². The highest BCUT2D eigenvalue weighted by Crippen LogP contribution is 2.37. The Balaban J connectivity index is 2.00. The molecule has 3 nitrogen and oxygen atoms in total. The number of hydrogen-bond acceptors (Lipinski definition) is 2. The first-order valence-corrected chi connectivity index (χ1v) is 6.09. The summed E-state index contributed by atoms with van der Waals surface area (Å²) >= 11 is 0. The van der Waals surface area contributed by atoms with Crippen molar-refractivity contribution in [2.45, 2.75) is 45.6 Å². The molecule has 1 N–H and O–H groups in total. The van der Waals surface area contributed by atoms with Gasteiger partial charge in [-0.05, 0) is 24.7 Å². The van der Waals surface area contributed by atoms with Crippen LogP contribution >= 0.6 is 0 Å². The van der Waals surface area contributed by atoms with Crippen molar-refractivity contribution in [3.8, 4) is 0 Å². The summed E-state index contributed by atoms with van der Waals surface area (Å²) in [6.45, 7) is 7.05. The van der Waals surface area contributed by atoms with Crippen molar-refractivity contribution in [1.82, 2.24) is 10.2 Å². The first-order chi connectivity index (χ1) is 7.08. The number of hydrogen-bond donors (Lipinski definition) is 1. The zero-order chi connectivity index (χ0) is 10.9. The minimum atomic E-state index is 0.295. The van der Waals surface area contributed by atoms with E-state index in [2.05, 4.69) is 24.1 Å². The second kappa shape index (κ2) is 4.12. The summed E-state index contributed by atoms with van der Waals surface area (Å²) in [5, 5.41) is 3.13. The number of rotatable bonds is 1. The molecule has 3 heteroatoms. The number of piperazine rings is 1. The van der Waals surface area contributed by atoms with Crippen molar-refractivity contribution in [2.24, 2.45) is 5.41 Å². The summed E-state index contributed by atoms with van der Waals surface area (Å²) < 4.78 is 0. The van der Waals surface area contributed by atoms with Gasteiger partial charge in [0.05, 0.1) is 6.54 Å². The van der Waals surface area contributed by atoms with Gasteiger partial charge in [0.15, 0.2) is 0 Å². The normalized spacial score (nSPS) is 31.7. The highest BCUT2D eigenvalue weighted by molar-refractivity contribution is 5.79. The van der Waals surface area contributed by atoms with Crippen LogP contribution in [0.25, 0.3) is 0 Å². The highest BCUT2D eigenvalue weighted by Gasteiger charge is 2.34. The molecular weight excluding hydrogens is 188 g/mol. The third kappa shape index (κ3) is 2.51. The van der Waals surface area contributed by atoms with Crippen molar-refractivity contribution in [3.05, 3.63) is 0 Å². The van der Waals surface area contributed by atoms with E-state index in [4.69, 9.17) is 0 Å². The smallest absolute Gasteiger partial charge is 0.236 e. The topological polar surface area (TPSA) is 32.3 Å². The summed E-state index contributed by atoms with van der Waals surface area (Å²) in [7, 11) is 0. The van der Waals surface area contributed by atoms with Crippen LogP contribution in [0.4, 0.5) is 0 Å². The lowest BCUT2D eigenvalue weighted by atomic mass is 9.74. The third-order valence-corrected chi connectivity index (χ3v) is 3.75. The van der Waals surface area contributed by atoms with Gasteiger partial charge in [0.1, 0.15) is 0 Å². The number of carbonyl (C=O) groups excluding carboxylic acids is 1. The van der Waals surface area contributed by atoms with Gasteiger partial charge >= 0.3 is 0 Å². The minimum absolute atomic E-state index is 0.295. The summed E-state index contributed by atoms with van der Waals surface area (Å²) in [6, 6.07) is 0.503. The predicted molar refractivity (Wildman–Crippen MR) is 60.6 cm³/mol.